The van der Waals surface area contributed by atoms with Gasteiger partial charge in [-0.05, 0) is 47.0 Å². The number of carbonyl (C=O) groups is 3. The fraction of sp³-hybridized carbons (Fsp3) is 0.125. The lowest BCUT2D eigenvalue weighted by Gasteiger charge is -2.09. The van der Waals surface area contributed by atoms with Crippen LogP contribution in [-0.2, 0) is 16.1 Å². The number of phenols is 1. The monoisotopic (exact) mass is 485 g/mol. The number of rotatable bonds is 8. The molecule has 3 amide bonds. The number of aromatic hydroxyl groups is 1. The van der Waals surface area contributed by atoms with E-state index in [1.807, 2.05) is 36.4 Å². The summed E-state index contributed by atoms with van der Waals surface area (Å²) in [5.74, 6) is -1.19. The van der Waals surface area contributed by atoms with Crippen LogP contribution < -0.4 is 16.0 Å². The summed E-state index contributed by atoms with van der Waals surface area (Å²) in [7, 11) is 0. The quantitative estimate of drug-likeness (QED) is 0.391. The van der Waals surface area contributed by atoms with Crippen LogP contribution in [0.3, 0.4) is 0 Å². The minimum absolute atomic E-state index is 0.177. The van der Waals surface area contributed by atoms with E-state index in [0.29, 0.717) is 11.6 Å². The van der Waals surface area contributed by atoms with E-state index in [0.717, 1.165) is 16.7 Å². The first-order valence-corrected chi connectivity index (χ1v) is 10.7. The highest BCUT2D eigenvalue weighted by molar-refractivity contribution is 6.36. The zero-order valence-corrected chi connectivity index (χ0v) is 18.9. The van der Waals surface area contributed by atoms with Crippen LogP contribution in [0.4, 0.5) is 0 Å². The largest absolute Gasteiger partial charge is 0.508 e. The molecule has 170 valence electrons. The predicted octanol–water partition coefficient (Wildman–Crippen LogP) is 3.53. The maximum absolute atomic E-state index is 12.1. The Morgan fingerprint density at radius 2 is 1.30 bits per heavy atom. The molecular weight excluding hydrogens is 465 g/mol. The standard InChI is InChI=1S/C24H21Cl2N3O4/c25-18-7-10-20(21(26)11-18)24(33)29-14-23(32)28-13-22(31)27-12-15-1-3-16(4-2-15)17-5-8-19(30)9-6-17/h1-11,30H,12-14H2,(H,27,31)(H,28,32)(H,29,33). The van der Waals surface area contributed by atoms with Crippen LogP contribution in [0.15, 0.2) is 66.7 Å². The molecule has 0 aliphatic rings. The molecule has 0 fully saturated rings. The molecule has 0 spiro atoms. The van der Waals surface area contributed by atoms with Crippen molar-refractivity contribution in [2.75, 3.05) is 13.1 Å². The molecule has 0 saturated carbocycles. The fourth-order valence-electron chi connectivity index (χ4n) is 2.90. The van der Waals surface area contributed by atoms with Gasteiger partial charge in [-0.15, -0.1) is 0 Å². The topological polar surface area (TPSA) is 108 Å². The lowest BCUT2D eigenvalue weighted by Crippen LogP contribution is -2.41. The highest BCUT2D eigenvalue weighted by atomic mass is 35.5. The van der Waals surface area contributed by atoms with E-state index in [1.165, 1.54) is 18.2 Å². The minimum Gasteiger partial charge on any atom is -0.508 e. The Hall–Kier alpha value is -3.55. The third-order valence-electron chi connectivity index (χ3n) is 4.68. The summed E-state index contributed by atoms with van der Waals surface area (Å²) < 4.78 is 0. The molecule has 3 aromatic rings. The van der Waals surface area contributed by atoms with Crippen molar-refractivity contribution in [1.82, 2.24) is 16.0 Å². The van der Waals surface area contributed by atoms with E-state index < -0.39 is 11.8 Å². The maximum Gasteiger partial charge on any atom is 0.253 e. The van der Waals surface area contributed by atoms with Gasteiger partial charge in [0.15, 0.2) is 0 Å². The van der Waals surface area contributed by atoms with Crippen LogP contribution in [-0.4, -0.2) is 35.9 Å². The molecule has 0 aliphatic heterocycles. The van der Waals surface area contributed by atoms with Crippen LogP contribution in [0.5, 0.6) is 5.75 Å². The van der Waals surface area contributed by atoms with E-state index in [2.05, 4.69) is 16.0 Å². The van der Waals surface area contributed by atoms with Crippen molar-refractivity contribution in [3.05, 3.63) is 87.9 Å². The van der Waals surface area contributed by atoms with Crippen molar-refractivity contribution in [2.45, 2.75) is 6.54 Å². The lowest BCUT2D eigenvalue weighted by atomic mass is 10.0. The molecule has 0 radical (unpaired) electrons. The van der Waals surface area contributed by atoms with Gasteiger partial charge in [0.2, 0.25) is 11.8 Å². The summed E-state index contributed by atoms with van der Waals surface area (Å²) >= 11 is 11.8. The zero-order chi connectivity index (χ0) is 23.8. The molecule has 7 nitrogen and oxygen atoms in total. The number of nitrogens with one attached hydrogen (secondary N) is 3. The second kappa shape index (κ2) is 11.4. The molecular formula is C24H21Cl2N3O4. The van der Waals surface area contributed by atoms with E-state index in [4.69, 9.17) is 23.2 Å². The van der Waals surface area contributed by atoms with Crippen molar-refractivity contribution >= 4 is 40.9 Å². The minimum atomic E-state index is -0.521. The Balaban J connectivity index is 1.38. The first-order valence-electron chi connectivity index (χ1n) is 9.97. The molecule has 0 aromatic heterocycles. The first-order chi connectivity index (χ1) is 15.8. The second-order valence-corrected chi connectivity index (χ2v) is 7.95. The molecule has 0 bridgehead atoms. The average molecular weight is 486 g/mol. The predicted molar refractivity (Wildman–Crippen MR) is 127 cm³/mol. The molecule has 33 heavy (non-hydrogen) atoms. The third-order valence-corrected chi connectivity index (χ3v) is 5.22. The number of amides is 3. The molecule has 3 rings (SSSR count). The van der Waals surface area contributed by atoms with Crippen molar-refractivity contribution in [1.29, 1.82) is 0 Å². The zero-order valence-electron chi connectivity index (χ0n) is 17.4. The van der Waals surface area contributed by atoms with Crippen molar-refractivity contribution in [3.8, 4) is 16.9 Å². The smallest absolute Gasteiger partial charge is 0.253 e. The van der Waals surface area contributed by atoms with Gasteiger partial charge in [0.25, 0.3) is 5.91 Å². The number of hydrogen-bond acceptors (Lipinski definition) is 4. The number of carbonyl (C=O) groups excluding carboxylic acids is 3. The van der Waals surface area contributed by atoms with Crippen molar-refractivity contribution in [2.24, 2.45) is 0 Å². The van der Waals surface area contributed by atoms with Gasteiger partial charge in [0, 0.05) is 11.6 Å². The van der Waals surface area contributed by atoms with Gasteiger partial charge in [-0.1, -0.05) is 59.6 Å². The maximum atomic E-state index is 12.1. The Kier molecular flexibility index (Phi) is 8.29. The average Bonchev–Trinajstić information content (AvgIpc) is 2.80. The molecule has 3 aromatic carbocycles. The fourth-order valence-corrected chi connectivity index (χ4v) is 3.40. The van der Waals surface area contributed by atoms with E-state index in [9.17, 15) is 19.5 Å². The molecule has 0 atom stereocenters. The second-order valence-electron chi connectivity index (χ2n) is 7.10. The summed E-state index contributed by atoms with van der Waals surface area (Å²) in [6.45, 7) is -0.220. The van der Waals surface area contributed by atoms with Gasteiger partial charge in [-0.25, -0.2) is 0 Å². The molecule has 4 N–H and O–H groups in total. The van der Waals surface area contributed by atoms with E-state index >= 15 is 0 Å². The summed E-state index contributed by atoms with van der Waals surface area (Å²) in [5, 5.41) is 17.6. The summed E-state index contributed by atoms with van der Waals surface area (Å²) in [6.07, 6.45) is 0. The Bertz CT molecular complexity index is 1150. The van der Waals surface area contributed by atoms with Gasteiger partial charge in [0.1, 0.15) is 5.75 Å². The number of phenolic OH excluding ortho intramolecular Hbond substituents is 1. The van der Waals surface area contributed by atoms with Gasteiger partial charge in [-0.2, -0.15) is 0 Å². The Labute approximate surface area is 200 Å². The molecule has 0 saturated heterocycles. The number of benzene rings is 3. The van der Waals surface area contributed by atoms with E-state index in [-0.39, 0.29) is 35.3 Å². The lowest BCUT2D eigenvalue weighted by molar-refractivity contribution is -0.125. The normalized spacial score (nSPS) is 10.4. The van der Waals surface area contributed by atoms with Crippen molar-refractivity contribution < 1.29 is 19.5 Å². The van der Waals surface area contributed by atoms with Crippen molar-refractivity contribution in [3.63, 3.8) is 0 Å². The molecule has 0 unspecified atom stereocenters. The molecule has 0 heterocycles. The highest BCUT2D eigenvalue weighted by Crippen LogP contribution is 2.22. The molecule has 0 aliphatic carbocycles. The van der Waals surface area contributed by atoms with Gasteiger partial charge >= 0.3 is 0 Å². The SMILES string of the molecule is O=C(CNC(=O)CNC(=O)c1ccc(Cl)cc1Cl)NCc1ccc(-c2ccc(O)cc2)cc1. The third kappa shape index (κ3) is 7.24. The van der Waals surface area contributed by atoms with Crippen LogP contribution >= 0.6 is 23.2 Å². The Morgan fingerprint density at radius 1 is 0.727 bits per heavy atom. The summed E-state index contributed by atoms with van der Waals surface area (Å²) in [5.41, 5.74) is 3.04. The van der Waals surface area contributed by atoms with Gasteiger partial charge < -0.3 is 21.1 Å². The van der Waals surface area contributed by atoms with Crippen LogP contribution in [0, 0.1) is 0 Å². The number of halogens is 2. The highest BCUT2D eigenvalue weighted by Gasteiger charge is 2.12. The van der Waals surface area contributed by atoms with Gasteiger partial charge in [0.05, 0.1) is 23.7 Å². The van der Waals surface area contributed by atoms with Crippen LogP contribution in [0.25, 0.3) is 11.1 Å². The Morgan fingerprint density at radius 3 is 1.94 bits per heavy atom. The van der Waals surface area contributed by atoms with Crippen LogP contribution in [0.2, 0.25) is 10.0 Å². The summed E-state index contributed by atoms with van der Waals surface area (Å²) in [4.78, 5) is 36.0. The van der Waals surface area contributed by atoms with E-state index in [1.54, 1.807) is 12.1 Å². The van der Waals surface area contributed by atoms with Crippen LogP contribution in [0.1, 0.15) is 15.9 Å². The molecule has 9 heteroatoms. The summed E-state index contributed by atoms with van der Waals surface area (Å²) in [6, 6.07) is 18.9. The van der Waals surface area contributed by atoms with Gasteiger partial charge in [-0.3, -0.25) is 14.4 Å². The first kappa shape index (κ1) is 24.1. The number of hydrogen-bond donors (Lipinski definition) is 4.